The lowest BCUT2D eigenvalue weighted by molar-refractivity contribution is -0.147. The predicted molar refractivity (Wildman–Crippen MR) is 63.1 cm³/mol. The van der Waals surface area contributed by atoms with Crippen LogP contribution in [-0.2, 0) is 9.53 Å². The van der Waals surface area contributed by atoms with E-state index in [0.717, 1.165) is 4.47 Å². The monoisotopic (exact) mass is 308 g/mol. The molecule has 0 spiro atoms. The zero-order chi connectivity index (χ0) is 12.1. The van der Waals surface area contributed by atoms with Crippen molar-refractivity contribution in [3.63, 3.8) is 0 Å². The van der Waals surface area contributed by atoms with Gasteiger partial charge in [0.1, 0.15) is 5.75 Å². The van der Waals surface area contributed by atoms with Crippen molar-refractivity contribution in [2.45, 2.75) is 6.10 Å². The fourth-order valence-electron chi connectivity index (χ4n) is 1.03. The Balaban J connectivity index is 2.81. The average Bonchev–Trinajstić information content (AvgIpc) is 2.20. The molecule has 0 saturated carbocycles. The van der Waals surface area contributed by atoms with E-state index in [1.807, 2.05) is 0 Å². The molecule has 0 fully saturated rings. The van der Waals surface area contributed by atoms with Gasteiger partial charge in [-0.1, -0.05) is 27.5 Å². The molecule has 0 aromatic heterocycles. The van der Waals surface area contributed by atoms with Crippen LogP contribution in [0.25, 0.3) is 0 Å². The minimum absolute atomic E-state index is 0.0400. The quantitative estimate of drug-likeness (QED) is 0.908. The summed E-state index contributed by atoms with van der Waals surface area (Å²) in [7, 11) is 1.41. The Morgan fingerprint density at radius 2 is 2.31 bits per heavy atom. The van der Waals surface area contributed by atoms with Gasteiger partial charge in [0.15, 0.2) is 0 Å². The summed E-state index contributed by atoms with van der Waals surface area (Å²) < 4.78 is 10.8. The van der Waals surface area contributed by atoms with Crippen molar-refractivity contribution >= 4 is 33.5 Å². The van der Waals surface area contributed by atoms with Gasteiger partial charge in [0, 0.05) is 11.6 Å². The molecular weight excluding hydrogens is 299 g/mol. The lowest BCUT2D eigenvalue weighted by Crippen LogP contribution is -2.31. The van der Waals surface area contributed by atoms with Gasteiger partial charge in [0.25, 0.3) is 0 Å². The summed E-state index contributed by atoms with van der Waals surface area (Å²) >= 11 is 9.13. The Morgan fingerprint density at radius 3 is 2.81 bits per heavy atom. The molecule has 0 bridgehead atoms. The zero-order valence-corrected chi connectivity index (χ0v) is 10.8. The normalized spacial score (nSPS) is 12.2. The van der Waals surface area contributed by atoms with E-state index in [4.69, 9.17) is 26.2 Å². The number of hydrogen-bond acceptors (Lipinski definition) is 3. The van der Waals surface area contributed by atoms with E-state index in [9.17, 15) is 4.79 Å². The van der Waals surface area contributed by atoms with Gasteiger partial charge in [-0.15, -0.1) is 0 Å². The average molecular weight is 310 g/mol. The number of ether oxygens (including phenoxy) is 2. The van der Waals surface area contributed by atoms with E-state index in [1.165, 1.54) is 7.11 Å². The number of carboxylic acids is 1. The molecule has 1 aromatic carbocycles. The van der Waals surface area contributed by atoms with Gasteiger partial charge in [-0.05, 0) is 18.2 Å². The molecule has 0 amide bonds. The molecule has 6 heteroatoms. The Morgan fingerprint density at radius 1 is 1.62 bits per heavy atom. The molecule has 0 aliphatic rings. The second-order valence-electron chi connectivity index (χ2n) is 2.97. The largest absolute Gasteiger partial charge is 0.478 e. The molecule has 1 aromatic rings. The highest BCUT2D eigenvalue weighted by Gasteiger charge is 2.20. The first-order valence-corrected chi connectivity index (χ1v) is 5.55. The smallest absolute Gasteiger partial charge is 0.347 e. The third-order valence-corrected chi connectivity index (χ3v) is 2.55. The predicted octanol–water partition coefficient (Wildman–Crippen LogP) is 2.58. The van der Waals surface area contributed by atoms with Crippen molar-refractivity contribution < 1.29 is 19.4 Å². The Labute approximate surface area is 106 Å². The maximum atomic E-state index is 10.8. The second-order valence-corrected chi connectivity index (χ2v) is 4.30. The highest BCUT2D eigenvalue weighted by atomic mass is 79.9. The van der Waals surface area contributed by atoms with Crippen LogP contribution in [0.1, 0.15) is 0 Å². The maximum absolute atomic E-state index is 10.8. The SMILES string of the molecule is COCC(Oc1ccc(Br)cc1Cl)C(=O)O. The summed E-state index contributed by atoms with van der Waals surface area (Å²) in [6, 6.07) is 4.94. The van der Waals surface area contributed by atoms with Crippen LogP contribution in [-0.4, -0.2) is 30.9 Å². The van der Waals surface area contributed by atoms with Crippen LogP contribution in [0.3, 0.4) is 0 Å². The van der Waals surface area contributed by atoms with Gasteiger partial charge in [-0.25, -0.2) is 4.79 Å². The first kappa shape index (κ1) is 13.3. The number of carboxylic acid groups (broad SMARTS) is 1. The highest BCUT2D eigenvalue weighted by Crippen LogP contribution is 2.28. The third kappa shape index (κ3) is 3.66. The topological polar surface area (TPSA) is 55.8 Å². The molecule has 0 radical (unpaired) electrons. The molecule has 16 heavy (non-hydrogen) atoms. The second kappa shape index (κ2) is 6.08. The Kier molecular flexibility index (Phi) is 5.05. The minimum Gasteiger partial charge on any atom is -0.478 e. The van der Waals surface area contributed by atoms with Crippen LogP contribution >= 0.6 is 27.5 Å². The van der Waals surface area contributed by atoms with Crippen LogP contribution < -0.4 is 4.74 Å². The van der Waals surface area contributed by atoms with E-state index in [1.54, 1.807) is 18.2 Å². The number of aliphatic carboxylic acids is 1. The number of rotatable bonds is 5. The van der Waals surface area contributed by atoms with Crippen LogP contribution in [0.15, 0.2) is 22.7 Å². The fraction of sp³-hybridized carbons (Fsp3) is 0.300. The number of methoxy groups -OCH3 is 1. The molecule has 0 aliphatic heterocycles. The molecular formula is C10H10BrClO4. The molecule has 1 atom stereocenters. The van der Waals surface area contributed by atoms with Crippen LogP contribution in [0.4, 0.5) is 0 Å². The van der Waals surface area contributed by atoms with Crippen LogP contribution in [0.2, 0.25) is 5.02 Å². The molecule has 1 N–H and O–H groups in total. The highest BCUT2D eigenvalue weighted by molar-refractivity contribution is 9.10. The fourth-order valence-corrected chi connectivity index (χ4v) is 1.75. The zero-order valence-electron chi connectivity index (χ0n) is 8.44. The van der Waals surface area contributed by atoms with Crippen molar-refractivity contribution in [1.82, 2.24) is 0 Å². The van der Waals surface area contributed by atoms with Gasteiger partial charge >= 0.3 is 5.97 Å². The molecule has 4 nitrogen and oxygen atoms in total. The van der Waals surface area contributed by atoms with Gasteiger partial charge in [-0.2, -0.15) is 0 Å². The molecule has 0 saturated heterocycles. The third-order valence-electron chi connectivity index (χ3n) is 1.76. The van der Waals surface area contributed by atoms with Gasteiger partial charge in [-0.3, -0.25) is 0 Å². The van der Waals surface area contributed by atoms with Gasteiger partial charge < -0.3 is 14.6 Å². The van der Waals surface area contributed by atoms with E-state index < -0.39 is 12.1 Å². The first-order chi connectivity index (χ1) is 7.54. The van der Waals surface area contributed by atoms with E-state index in [0.29, 0.717) is 10.8 Å². The maximum Gasteiger partial charge on any atom is 0.347 e. The Hall–Kier alpha value is -0.780. The van der Waals surface area contributed by atoms with E-state index in [2.05, 4.69) is 15.9 Å². The van der Waals surface area contributed by atoms with Gasteiger partial charge in [0.05, 0.1) is 11.6 Å². The van der Waals surface area contributed by atoms with E-state index >= 15 is 0 Å². The molecule has 0 heterocycles. The van der Waals surface area contributed by atoms with Gasteiger partial charge in [0.2, 0.25) is 6.10 Å². The summed E-state index contributed by atoms with van der Waals surface area (Å²) in [6.45, 7) is -0.0400. The molecule has 1 unspecified atom stereocenters. The molecule has 88 valence electrons. The van der Waals surface area contributed by atoms with Crippen molar-refractivity contribution in [3.05, 3.63) is 27.7 Å². The lowest BCUT2D eigenvalue weighted by atomic mass is 10.3. The number of carbonyl (C=O) groups is 1. The van der Waals surface area contributed by atoms with E-state index in [-0.39, 0.29) is 6.61 Å². The van der Waals surface area contributed by atoms with Crippen molar-refractivity contribution in [1.29, 1.82) is 0 Å². The molecule has 0 aliphatic carbocycles. The minimum atomic E-state index is -1.10. The summed E-state index contributed by atoms with van der Waals surface area (Å²) in [4.78, 5) is 10.8. The number of benzene rings is 1. The standard InChI is InChI=1S/C10H10BrClO4/c1-15-5-9(10(13)14)16-8-3-2-6(11)4-7(8)12/h2-4,9H,5H2,1H3,(H,13,14). The summed E-state index contributed by atoms with van der Waals surface area (Å²) in [6.07, 6.45) is -1.07. The lowest BCUT2D eigenvalue weighted by Gasteiger charge is -2.15. The number of hydrogen-bond donors (Lipinski definition) is 1. The van der Waals surface area contributed by atoms with Crippen LogP contribution in [0.5, 0.6) is 5.75 Å². The van der Waals surface area contributed by atoms with Crippen molar-refractivity contribution in [2.75, 3.05) is 13.7 Å². The summed E-state index contributed by atoms with van der Waals surface area (Å²) in [5.41, 5.74) is 0. The molecule has 1 rings (SSSR count). The Bertz CT molecular complexity index is 383. The number of halogens is 2. The van der Waals surface area contributed by atoms with Crippen molar-refractivity contribution in [2.24, 2.45) is 0 Å². The first-order valence-electron chi connectivity index (χ1n) is 4.38. The van der Waals surface area contributed by atoms with Crippen LogP contribution in [0, 0.1) is 0 Å². The summed E-state index contributed by atoms with van der Waals surface area (Å²) in [5.74, 6) is -0.782. The van der Waals surface area contributed by atoms with Crippen molar-refractivity contribution in [3.8, 4) is 5.75 Å². The summed E-state index contributed by atoms with van der Waals surface area (Å²) in [5, 5.41) is 9.20.